The number of ketones is 1. The molecule has 0 bridgehead atoms. The van der Waals surface area contributed by atoms with Crippen LogP contribution in [0.5, 0.6) is 0 Å². The van der Waals surface area contributed by atoms with Crippen LogP contribution in [0.2, 0.25) is 0 Å². The van der Waals surface area contributed by atoms with Crippen LogP contribution in [-0.4, -0.2) is 24.2 Å². The molecule has 0 N–H and O–H groups in total. The number of hydrogen-bond acceptors (Lipinski definition) is 1. The van der Waals surface area contributed by atoms with Crippen LogP contribution < -0.4 is 10.7 Å². The molecule has 5 aromatic rings. The maximum absolute atomic E-state index is 14.1. The fourth-order valence-corrected chi connectivity index (χ4v) is 22.4. The van der Waals surface area contributed by atoms with Crippen LogP contribution in [0, 0.1) is 5.92 Å². The van der Waals surface area contributed by atoms with Gasteiger partial charge in [-0.2, -0.15) is 0 Å². The van der Waals surface area contributed by atoms with Crippen molar-refractivity contribution in [1.29, 1.82) is 0 Å². The summed E-state index contributed by atoms with van der Waals surface area (Å²) in [6.45, 7) is 2.15. The van der Waals surface area contributed by atoms with E-state index < -0.39 is 18.4 Å². The summed E-state index contributed by atoms with van der Waals surface area (Å²) in [5, 5.41) is 0. The van der Waals surface area contributed by atoms with Crippen LogP contribution in [0.1, 0.15) is 26.8 Å². The average molecular weight is 573 g/mol. The third-order valence-electron chi connectivity index (χ3n) is 7.28. The van der Waals surface area contributed by atoms with Crippen LogP contribution >= 0.6 is 0 Å². The summed E-state index contributed by atoms with van der Waals surface area (Å²) in [5.74, 6) is -0.000426. The second-order valence-corrected chi connectivity index (χ2v) is 20.6. The zero-order valence-electron chi connectivity index (χ0n) is 20.5. The van der Waals surface area contributed by atoms with E-state index in [-0.39, 0.29) is 15.6 Å². The van der Waals surface area contributed by atoms with Gasteiger partial charge >= 0.3 is 219 Å². The Hall–Kier alpha value is -3.43. The molecule has 2 atom stereocenters. The van der Waals surface area contributed by atoms with E-state index in [4.69, 9.17) is 0 Å². The molecule has 0 saturated heterocycles. The van der Waals surface area contributed by atoms with Gasteiger partial charge in [-0.1, -0.05) is 0 Å². The number of carbonyl (C=O) groups excluding carboxylic acids is 1. The van der Waals surface area contributed by atoms with Gasteiger partial charge in [0.25, 0.3) is 0 Å². The Labute approximate surface area is 218 Å². The van der Waals surface area contributed by atoms with Gasteiger partial charge in [0.05, 0.1) is 0 Å². The van der Waals surface area contributed by atoms with E-state index in [1.54, 1.807) is 0 Å². The van der Waals surface area contributed by atoms with Crippen molar-refractivity contribution in [1.82, 2.24) is 0 Å². The second kappa shape index (κ2) is 11.1. The number of benzene rings is 5. The Bertz CT molecular complexity index is 1290. The van der Waals surface area contributed by atoms with Gasteiger partial charge in [0.15, 0.2) is 0 Å². The first kappa shape index (κ1) is 24.3. The molecule has 0 radical (unpaired) electrons. The fraction of sp³-hybridized carbons (Fsp3) is 0.0882. The first-order valence-corrected chi connectivity index (χ1v) is 18.5. The molecule has 5 rings (SSSR count). The van der Waals surface area contributed by atoms with Gasteiger partial charge in [-0.3, -0.25) is 0 Å². The van der Waals surface area contributed by atoms with Gasteiger partial charge in [-0.25, -0.2) is 0 Å². The predicted molar refractivity (Wildman–Crippen MR) is 153 cm³/mol. The summed E-state index contributed by atoms with van der Waals surface area (Å²) in [6.07, 6.45) is 0. The number of hydrogen-bond donors (Lipinski definition) is 0. The van der Waals surface area contributed by atoms with Crippen LogP contribution in [0.3, 0.4) is 0 Å². The first-order chi connectivity index (χ1) is 17.7. The van der Waals surface area contributed by atoms with Crippen LogP contribution in [0.15, 0.2) is 152 Å². The minimum absolute atomic E-state index is 0.0559. The summed E-state index contributed by atoms with van der Waals surface area (Å²) < 4.78 is 4.20. The fourth-order valence-electron chi connectivity index (χ4n) is 5.73. The first-order valence-electron chi connectivity index (χ1n) is 12.5. The number of rotatable bonds is 8. The molecule has 36 heavy (non-hydrogen) atoms. The quantitative estimate of drug-likeness (QED) is 0.165. The molecular weight excluding hydrogens is 543 g/mol. The Morgan fingerprint density at radius 2 is 0.833 bits per heavy atom. The molecule has 0 aliphatic heterocycles. The normalized spacial score (nSPS) is 13.0. The minimum atomic E-state index is -3.89. The summed E-state index contributed by atoms with van der Waals surface area (Å²) in [7, 11) is 0. The standard InChI is InChI=1S/C16H15O.3C6H5.Sn/c1-13(12-14-8-4-2-5-9-14)16(17)15-10-6-3-7-11-15;3*1-2-4-6-5-3-1;/h2-13H,1H3;3*1-5H;/t13-;;;;/m0..../s1. The Kier molecular flexibility index (Phi) is 7.48. The summed E-state index contributed by atoms with van der Waals surface area (Å²) in [5.41, 5.74) is 2.02. The van der Waals surface area contributed by atoms with Crippen molar-refractivity contribution in [2.45, 2.75) is 10.9 Å². The number of carbonyl (C=O) groups is 1. The van der Waals surface area contributed by atoms with Crippen LogP contribution in [-0.2, 0) is 0 Å². The van der Waals surface area contributed by atoms with Gasteiger partial charge in [-0.15, -0.1) is 0 Å². The molecule has 0 unspecified atom stereocenters. The van der Waals surface area contributed by atoms with Crippen molar-refractivity contribution in [2.24, 2.45) is 5.92 Å². The molecule has 0 saturated carbocycles. The maximum atomic E-state index is 14.1. The van der Waals surface area contributed by atoms with Gasteiger partial charge < -0.3 is 0 Å². The predicted octanol–water partition coefficient (Wildman–Crippen LogP) is 6.00. The molecular formula is C34H30OSn. The van der Waals surface area contributed by atoms with E-state index in [0.29, 0.717) is 0 Å². The molecule has 0 aromatic heterocycles. The van der Waals surface area contributed by atoms with Gasteiger partial charge in [0, 0.05) is 0 Å². The Morgan fingerprint density at radius 1 is 0.500 bits per heavy atom. The third-order valence-corrected chi connectivity index (χ3v) is 23.0. The molecule has 0 fully saturated rings. The Balaban J connectivity index is 1.86. The molecule has 0 aliphatic carbocycles. The molecule has 0 amide bonds. The monoisotopic (exact) mass is 574 g/mol. The van der Waals surface area contributed by atoms with E-state index in [9.17, 15) is 4.79 Å². The zero-order valence-corrected chi connectivity index (χ0v) is 23.4. The summed E-state index contributed by atoms with van der Waals surface area (Å²) >= 11 is -3.89. The van der Waals surface area contributed by atoms with E-state index >= 15 is 0 Å². The molecule has 0 heterocycles. The van der Waals surface area contributed by atoms with Crippen molar-refractivity contribution >= 4 is 34.9 Å². The van der Waals surface area contributed by atoms with E-state index in [2.05, 4.69) is 128 Å². The van der Waals surface area contributed by atoms with Gasteiger partial charge in [0.1, 0.15) is 0 Å². The van der Waals surface area contributed by atoms with E-state index in [1.807, 2.05) is 30.3 Å². The van der Waals surface area contributed by atoms with Crippen molar-refractivity contribution in [3.05, 3.63) is 163 Å². The summed E-state index contributed by atoms with van der Waals surface area (Å²) in [4.78, 5) is 14.1. The van der Waals surface area contributed by atoms with E-state index in [1.165, 1.54) is 16.3 Å². The van der Waals surface area contributed by atoms with Crippen LogP contribution in [0.25, 0.3) is 0 Å². The van der Waals surface area contributed by atoms with Crippen molar-refractivity contribution in [3.63, 3.8) is 0 Å². The average Bonchev–Trinajstić information content (AvgIpc) is 2.97. The zero-order chi connectivity index (χ0) is 24.8. The topological polar surface area (TPSA) is 17.1 Å². The molecule has 5 aromatic carbocycles. The Morgan fingerprint density at radius 3 is 1.22 bits per heavy atom. The SMILES string of the molecule is C[C@H](C(=O)c1ccccc1)[C@@H](c1ccccc1)[Sn]([c]1ccccc1)([c]1ccccc1)[c]1ccccc1. The van der Waals surface area contributed by atoms with Gasteiger partial charge in [-0.05, 0) is 0 Å². The van der Waals surface area contributed by atoms with Crippen molar-refractivity contribution in [3.8, 4) is 0 Å². The van der Waals surface area contributed by atoms with Crippen molar-refractivity contribution in [2.75, 3.05) is 0 Å². The summed E-state index contributed by atoms with van der Waals surface area (Å²) in [6, 6.07) is 53.5. The second-order valence-electron chi connectivity index (χ2n) is 9.31. The van der Waals surface area contributed by atoms with Crippen LogP contribution in [0.4, 0.5) is 0 Å². The van der Waals surface area contributed by atoms with Gasteiger partial charge in [0.2, 0.25) is 0 Å². The van der Waals surface area contributed by atoms with Crippen molar-refractivity contribution < 1.29 is 4.79 Å². The molecule has 176 valence electrons. The third kappa shape index (κ3) is 4.56. The molecule has 0 spiro atoms. The number of Topliss-reactive ketones (excluding diaryl/α,β-unsaturated/α-hetero) is 1. The molecule has 1 nitrogen and oxygen atoms in total. The molecule has 0 aliphatic rings. The molecule has 2 heteroatoms. The van der Waals surface area contributed by atoms with E-state index in [0.717, 1.165) is 5.56 Å².